The minimum absolute atomic E-state index is 0.0514. The smallest absolute Gasteiger partial charge is 0.249 e. The van der Waals surface area contributed by atoms with Gasteiger partial charge in [0.05, 0.1) is 4.90 Å². The first kappa shape index (κ1) is 23.7. The number of aryl methyl sites for hydroxylation is 2. The Morgan fingerprint density at radius 1 is 0.971 bits per heavy atom. The van der Waals surface area contributed by atoms with Gasteiger partial charge in [0.15, 0.2) is 0 Å². The fraction of sp³-hybridized carbons (Fsp3) is 0.423. The van der Waals surface area contributed by atoms with Crippen LogP contribution in [0.2, 0.25) is 0 Å². The third-order valence-electron chi connectivity index (χ3n) is 7.11. The lowest BCUT2D eigenvalue weighted by molar-refractivity contribution is -0.138. The van der Waals surface area contributed by atoms with Crippen molar-refractivity contribution in [2.24, 2.45) is 5.92 Å². The Bertz CT molecular complexity index is 1310. The van der Waals surface area contributed by atoms with Crippen LogP contribution >= 0.6 is 0 Å². The molecule has 1 amide bonds. The molecule has 2 aliphatic heterocycles. The van der Waals surface area contributed by atoms with Gasteiger partial charge in [-0.25, -0.2) is 8.42 Å². The van der Waals surface area contributed by atoms with Crippen molar-refractivity contribution in [1.82, 2.24) is 19.3 Å². The quantitative estimate of drug-likeness (QED) is 0.529. The monoisotopic (exact) mass is 494 g/mol. The molecule has 1 atom stereocenters. The molecular weight excluding hydrogens is 464 g/mol. The first-order valence-corrected chi connectivity index (χ1v) is 13.6. The van der Waals surface area contributed by atoms with E-state index in [1.165, 1.54) is 4.31 Å². The Hall–Kier alpha value is -3.04. The minimum atomic E-state index is -3.55. The number of benzene rings is 2. The molecule has 35 heavy (non-hydrogen) atoms. The molecule has 0 bridgehead atoms. The second kappa shape index (κ2) is 9.54. The van der Waals surface area contributed by atoms with Crippen LogP contribution in [0.1, 0.15) is 48.7 Å². The van der Waals surface area contributed by atoms with E-state index in [9.17, 15) is 13.2 Å². The van der Waals surface area contributed by atoms with Crippen LogP contribution in [0.15, 0.2) is 57.9 Å². The summed E-state index contributed by atoms with van der Waals surface area (Å²) in [6.45, 7) is 5.25. The summed E-state index contributed by atoms with van der Waals surface area (Å²) < 4.78 is 33.1. The molecule has 0 aliphatic carbocycles. The van der Waals surface area contributed by atoms with Crippen LogP contribution < -0.4 is 0 Å². The molecule has 0 N–H and O–H groups in total. The molecule has 2 saturated heterocycles. The molecule has 1 unspecified atom stereocenters. The first-order valence-electron chi connectivity index (χ1n) is 12.1. The Morgan fingerprint density at radius 3 is 2.40 bits per heavy atom. The van der Waals surface area contributed by atoms with Crippen molar-refractivity contribution in [3.8, 4) is 11.4 Å². The van der Waals surface area contributed by atoms with Crippen molar-refractivity contribution < 1.29 is 17.7 Å². The molecule has 5 rings (SSSR count). The zero-order valence-electron chi connectivity index (χ0n) is 20.1. The average Bonchev–Trinajstić information content (AvgIpc) is 3.54. The van der Waals surface area contributed by atoms with Gasteiger partial charge in [-0.3, -0.25) is 4.79 Å². The summed E-state index contributed by atoms with van der Waals surface area (Å²) >= 11 is 0. The van der Waals surface area contributed by atoms with E-state index in [2.05, 4.69) is 10.1 Å². The molecule has 0 radical (unpaired) electrons. The van der Waals surface area contributed by atoms with Crippen LogP contribution in [0.5, 0.6) is 0 Å². The van der Waals surface area contributed by atoms with Crippen molar-refractivity contribution in [3.63, 3.8) is 0 Å². The van der Waals surface area contributed by atoms with Crippen LogP contribution in [-0.4, -0.2) is 53.3 Å². The highest BCUT2D eigenvalue weighted by atomic mass is 32.2. The highest BCUT2D eigenvalue weighted by Gasteiger charge is 2.39. The second-order valence-electron chi connectivity index (χ2n) is 9.45. The summed E-state index contributed by atoms with van der Waals surface area (Å²) in [5, 5.41) is 4.17. The van der Waals surface area contributed by atoms with Crippen molar-refractivity contribution in [2.75, 3.05) is 19.6 Å². The number of nitrogens with zero attached hydrogens (tertiary/aromatic N) is 4. The normalized spacial score (nSPS) is 19.8. The molecule has 2 fully saturated rings. The summed E-state index contributed by atoms with van der Waals surface area (Å²) in [5.74, 6) is 0.842. The van der Waals surface area contributed by atoms with E-state index in [-0.39, 0.29) is 17.9 Å². The number of amides is 1. The lowest BCUT2D eigenvalue weighted by atomic mass is 9.96. The predicted octanol–water partition coefficient (Wildman–Crippen LogP) is 4.12. The van der Waals surface area contributed by atoms with Crippen LogP contribution in [0, 0.1) is 19.8 Å². The number of rotatable bonds is 5. The highest BCUT2D eigenvalue weighted by Crippen LogP contribution is 2.35. The Kier molecular flexibility index (Phi) is 6.46. The van der Waals surface area contributed by atoms with E-state index in [1.807, 2.05) is 43.0 Å². The van der Waals surface area contributed by atoms with Gasteiger partial charge in [0.1, 0.15) is 6.04 Å². The van der Waals surface area contributed by atoms with Crippen molar-refractivity contribution in [1.29, 1.82) is 0 Å². The number of carbonyl (C=O) groups is 1. The van der Waals surface area contributed by atoms with Gasteiger partial charge in [0, 0.05) is 31.1 Å². The van der Waals surface area contributed by atoms with E-state index in [1.54, 1.807) is 24.3 Å². The van der Waals surface area contributed by atoms with E-state index in [4.69, 9.17) is 4.52 Å². The van der Waals surface area contributed by atoms with E-state index in [0.717, 1.165) is 29.5 Å². The van der Waals surface area contributed by atoms with Gasteiger partial charge in [-0.05, 0) is 57.2 Å². The summed E-state index contributed by atoms with van der Waals surface area (Å²) in [7, 11) is -3.55. The molecule has 184 valence electrons. The molecule has 0 spiro atoms. The maximum Gasteiger partial charge on any atom is 0.249 e. The predicted molar refractivity (Wildman–Crippen MR) is 131 cm³/mol. The number of sulfonamides is 1. The lowest BCUT2D eigenvalue weighted by Crippen LogP contribution is -2.44. The van der Waals surface area contributed by atoms with Crippen molar-refractivity contribution in [3.05, 3.63) is 65.5 Å². The average molecular weight is 495 g/mol. The van der Waals surface area contributed by atoms with E-state index < -0.39 is 10.0 Å². The molecule has 9 heteroatoms. The van der Waals surface area contributed by atoms with Gasteiger partial charge >= 0.3 is 0 Å². The zero-order chi connectivity index (χ0) is 24.6. The number of piperidine rings is 1. The maximum atomic E-state index is 13.4. The Morgan fingerprint density at radius 2 is 1.69 bits per heavy atom. The topological polar surface area (TPSA) is 96.6 Å². The second-order valence-corrected chi connectivity index (χ2v) is 11.4. The number of hydrogen-bond acceptors (Lipinski definition) is 6. The van der Waals surface area contributed by atoms with Gasteiger partial charge in [-0.1, -0.05) is 47.1 Å². The van der Waals surface area contributed by atoms with Gasteiger partial charge in [-0.15, -0.1) is 0 Å². The molecule has 8 nitrogen and oxygen atoms in total. The van der Waals surface area contributed by atoms with Gasteiger partial charge in [0.2, 0.25) is 27.6 Å². The fourth-order valence-corrected chi connectivity index (χ4v) is 6.50. The third-order valence-corrected chi connectivity index (χ3v) is 9.02. The lowest BCUT2D eigenvalue weighted by Gasteiger charge is -2.33. The summed E-state index contributed by atoms with van der Waals surface area (Å²) in [4.78, 5) is 20.2. The van der Waals surface area contributed by atoms with Gasteiger partial charge < -0.3 is 9.42 Å². The SMILES string of the molecule is Cc1ccc(S(=O)(=O)N2CCC(C(=O)N3CCCC3c3nc(-c4ccccc4C)no3)CC2)cc1. The number of likely N-dealkylation sites (tertiary alicyclic amines) is 1. The standard InChI is InChI=1S/C26H30N4O4S/c1-18-9-11-21(12-10-18)35(32,33)29-16-13-20(14-17-29)26(31)30-15-5-8-23(30)25-27-24(28-34-25)22-7-4-3-6-19(22)2/h3-4,6-7,9-12,20,23H,5,8,13-17H2,1-2H3. The van der Waals surface area contributed by atoms with Gasteiger partial charge in [-0.2, -0.15) is 9.29 Å². The molecule has 3 aromatic rings. The molecular formula is C26H30N4O4S. The molecule has 2 aliphatic rings. The van der Waals surface area contributed by atoms with Crippen LogP contribution in [0.25, 0.3) is 11.4 Å². The number of hydrogen-bond donors (Lipinski definition) is 0. The minimum Gasteiger partial charge on any atom is -0.337 e. The summed E-state index contributed by atoms with van der Waals surface area (Å²) in [5.41, 5.74) is 2.99. The Balaban J connectivity index is 1.26. The van der Waals surface area contributed by atoms with Crippen LogP contribution in [0.3, 0.4) is 0 Å². The zero-order valence-corrected chi connectivity index (χ0v) is 20.9. The summed E-state index contributed by atoms with van der Waals surface area (Å²) in [6.07, 6.45) is 2.66. The number of aromatic nitrogens is 2. The molecule has 3 heterocycles. The first-order chi connectivity index (χ1) is 16.8. The van der Waals surface area contributed by atoms with Crippen molar-refractivity contribution >= 4 is 15.9 Å². The Labute approximate surface area is 206 Å². The highest BCUT2D eigenvalue weighted by molar-refractivity contribution is 7.89. The molecule has 2 aromatic carbocycles. The molecule has 1 aromatic heterocycles. The van der Waals surface area contributed by atoms with E-state index in [0.29, 0.717) is 49.1 Å². The maximum absolute atomic E-state index is 13.4. The number of carbonyl (C=O) groups excluding carboxylic acids is 1. The fourth-order valence-electron chi connectivity index (χ4n) is 5.03. The third kappa shape index (κ3) is 4.62. The van der Waals surface area contributed by atoms with Gasteiger partial charge in [0.25, 0.3) is 0 Å². The van der Waals surface area contributed by atoms with Crippen molar-refractivity contribution in [2.45, 2.75) is 50.5 Å². The van der Waals surface area contributed by atoms with Crippen LogP contribution in [-0.2, 0) is 14.8 Å². The largest absolute Gasteiger partial charge is 0.337 e. The van der Waals surface area contributed by atoms with E-state index >= 15 is 0 Å². The molecule has 0 saturated carbocycles. The summed E-state index contributed by atoms with van der Waals surface area (Å²) in [6, 6.07) is 14.5. The van der Waals surface area contributed by atoms with Crippen LogP contribution in [0.4, 0.5) is 0 Å².